The zero-order chi connectivity index (χ0) is 14.8. The van der Waals surface area contributed by atoms with Gasteiger partial charge in [0.1, 0.15) is 17.1 Å². The quantitative estimate of drug-likeness (QED) is 0.761. The molecule has 3 aromatic rings. The van der Waals surface area contributed by atoms with Gasteiger partial charge in [0, 0.05) is 22.1 Å². The maximum Gasteiger partial charge on any atom is 0.339 e. The van der Waals surface area contributed by atoms with E-state index in [4.69, 9.17) is 4.74 Å². The fourth-order valence-corrected chi connectivity index (χ4v) is 2.33. The van der Waals surface area contributed by atoms with Crippen LogP contribution < -0.4 is 4.74 Å². The number of carboxylic acid groups (broad SMARTS) is 1. The minimum atomic E-state index is -1.03. The molecule has 0 atom stereocenters. The Morgan fingerprint density at radius 1 is 1.14 bits per heavy atom. The van der Waals surface area contributed by atoms with Crippen LogP contribution in [0.5, 0.6) is 11.5 Å². The summed E-state index contributed by atoms with van der Waals surface area (Å²) in [5.41, 5.74) is 0.904. The Kier molecular flexibility index (Phi) is 3.58. The zero-order valence-corrected chi connectivity index (χ0v) is 12.4. The summed E-state index contributed by atoms with van der Waals surface area (Å²) >= 11 is 3.31. The summed E-state index contributed by atoms with van der Waals surface area (Å²) in [6.45, 7) is 0. The van der Waals surface area contributed by atoms with Crippen molar-refractivity contribution in [3.63, 3.8) is 0 Å². The standard InChI is InChI=1S/C16H10BrNO3/c17-11-4-6-13(16(19)20)15(8-11)21-12-5-3-10-2-1-7-18-14(10)9-12/h1-9H,(H,19,20). The van der Waals surface area contributed by atoms with Gasteiger partial charge in [-0.3, -0.25) is 4.98 Å². The molecule has 0 fully saturated rings. The highest BCUT2D eigenvalue weighted by molar-refractivity contribution is 9.10. The summed E-state index contributed by atoms with van der Waals surface area (Å²) in [6.07, 6.45) is 1.70. The van der Waals surface area contributed by atoms with Crippen molar-refractivity contribution in [2.45, 2.75) is 0 Å². The highest BCUT2D eigenvalue weighted by Gasteiger charge is 2.12. The Hall–Kier alpha value is -2.40. The Bertz CT molecular complexity index is 833. The van der Waals surface area contributed by atoms with E-state index in [0.29, 0.717) is 5.75 Å². The summed E-state index contributed by atoms with van der Waals surface area (Å²) in [7, 11) is 0. The van der Waals surface area contributed by atoms with Gasteiger partial charge >= 0.3 is 5.97 Å². The topological polar surface area (TPSA) is 59.4 Å². The van der Waals surface area contributed by atoms with Crippen LogP contribution >= 0.6 is 15.9 Å². The van der Waals surface area contributed by atoms with E-state index in [2.05, 4.69) is 20.9 Å². The van der Waals surface area contributed by atoms with Crippen LogP contribution in [0.3, 0.4) is 0 Å². The van der Waals surface area contributed by atoms with Crippen molar-refractivity contribution >= 4 is 32.8 Å². The van der Waals surface area contributed by atoms with E-state index in [9.17, 15) is 9.90 Å². The van der Waals surface area contributed by atoms with Crippen LogP contribution in [0.1, 0.15) is 10.4 Å². The first-order valence-corrected chi connectivity index (χ1v) is 6.98. The van der Waals surface area contributed by atoms with Crippen molar-refractivity contribution in [2.75, 3.05) is 0 Å². The van der Waals surface area contributed by atoms with E-state index < -0.39 is 5.97 Å². The Labute approximate surface area is 129 Å². The predicted molar refractivity (Wildman–Crippen MR) is 82.9 cm³/mol. The first-order valence-electron chi connectivity index (χ1n) is 6.19. The lowest BCUT2D eigenvalue weighted by Gasteiger charge is -2.09. The molecular formula is C16H10BrNO3. The number of ether oxygens (including phenoxy) is 1. The number of benzene rings is 2. The molecule has 0 amide bonds. The molecule has 0 unspecified atom stereocenters. The van der Waals surface area contributed by atoms with E-state index in [0.717, 1.165) is 15.4 Å². The fourth-order valence-electron chi connectivity index (χ4n) is 1.99. The molecule has 104 valence electrons. The number of hydrogen-bond acceptors (Lipinski definition) is 3. The first kappa shape index (κ1) is 13.6. The van der Waals surface area contributed by atoms with Gasteiger partial charge < -0.3 is 9.84 Å². The molecule has 0 aliphatic heterocycles. The predicted octanol–water partition coefficient (Wildman–Crippen LogP) is 4.49. The van der Waals surface area contributed by atoms with Gasteiger partial charge in [-0.15, -0.1) is 0 Å². The maximum atomic E-state index is 11.2. The molecule has 0 aliphatic rings. The number of rotatable bonds is 3. The van der Waals surface area contributed by atoms with Crippen LogP contribution in [0, 0.1) is 0 Å². The molecule has 21 heavy (non-hydrogen) atoms. The smallest absolute Gasteiger partial charge is 0.339 e. The lowest BCUT2D eigenvalue weighted by molar-refractivity contribution is 0.0694. The van der Waals surface area contributed by atoms with Gasteiger partial charge in [0.15, 0.2) is 0 Å². The van der Waals surface area contributed by atoms with Gasteiger partial charge in [-0.1, -0.05) is 22.0 Å². The number of aromatic carboxylic acids is 1. The van der Waals surface area contributed by atoms with Gasteiger partial charge in [-0.2, -0.15) is 0 Å². The Morgan fingerprint density at radius 2 is 2.00 bits per heavy atom. The molecular weight excluding hydrogens is 334 g/mol. The second-order valence-electron chi connectivity index (χ2n) is 4.41. The molecule has 0 radical (unpaired) electrons. The van der Waals surface area contributed by atoms with Crippen LogP contribution in [0.15, 0.2) is 59.2 Å². The Morgan fingerprint density at radius 3 is 2.81 bits per heavy atom. The molecule has 0 spiro atoms. The molecule has 4 nitrogen and oxygen atoms in total. The number of nitrogens with zero attached hydrogens (tertiary/aromatic N) is 1. The summed E-state index contributed by atoms with van der Waals surface area (Å²) in [6, 6.07) is 14.1. The van der Waals surface area contributed by atoms with Crippen molar-refractivity contribution in [3.8, 4) is 11.5 Å². The number of hydrogen-bond donors (Lipinski definition) is 1. The molecule has 0 saturated heterocycles. The molecule has 5 heteroatoms. The van der Waals surface area contributed by atoms with E-state index >= 15 is 0 Å². The van der Waals surface area contributed by atoms with E-state index in [1.807, 2.05) is 18.2 Å². The average Bonchev–Trinajstić information content (AvgIpc) is 2.47. The molecule has 1 aromatic heterocycles. The van der Waals surface area contributed by atoms with Crippen LogP contribution in [-0.4, -0.2) is 16.1 Å². The highest BCUT2D eigenvalue weighted by atomic mass is 79.9. The van der Waals surface area contributed by atoms with Crippen molar-refractivity contribution in [1.29, 1.82) is 0 Å². The molecule has 3 rings (SSSR count). The van der Waals surface area contributed by atoms with Gasteiger partial charge in [0.2, 0.25) is 0 Å². The van der Waals surface area contributed by atoms with Gasteiger partial charge in [0.05, 0.1) is 5.52 Å². The zero-order valence-electron chi connectivity index (χ0n) is 10.8. The summed E-state index contributed by atoms with van der Waals surface area (Å²) in [5, 5.41) is 10.2. The third-order valence-electron chi connectivity index (χ3n) is 2.98. The summed E-state index contributed by atoms with van der Waals surface area (Å²) < 4.78 is 6.46. The number of aromatic nitrogens is 1. The molecule has 1 heterocycles. The van der Waals surface area contributed by atoms with Crippen LogP contribution in [-0.2, 0) is 0 Å². The third-order valence-corrected chi connectivity index (χ3v) is 3.47. The second kappa shape index (κ2) is 5.54. The number of pyridine rings is 1. The van der Waals surface area contributed by atoms with Crippen LogP contribution in [0.25, 0.3) is 10.9 Å². The summed E-state index contributed by atoms with van der Waals surface area (Å²) in [4.78, 5) is 15.5. The minimum absolute atomic E-state index is 0.110. The SMILES string of the molecule is O=C(O)c1ccc(Br)cc1Oc1ccc2cccnc2c1. The molecule has 0 aliphatic carbocycles. The largest absolute Gasteiger partial charge is 0.478 e. The maximum absolute atomic E-state index is 11.2. The average molecular weight is 344 g/mol. The molecule has 1 N–H and O–H groups in total. The number of carbonyl (C=O) groups is 1. The molecule has 0 saturated carbocycles. The van der Waals surface area contributed by atoms with Crippen molar-refractivity contribution in [3.05, 3.63) is 64.8 Å². The molecule has 2 aromatic carbocycles. The van der Waals surface area contributed by atoms with E-state index in [-0.39, 0.29) is 11.3 Å². The third kappa shape index (κ3) is 2.87. The monoisotopic (exact) mass is 343 g/mol. The van der Waals surface area contributed by atoms with Crippen molar-refractivity contribution < 1.29 is 14.6 Å². The van der Waals surface area contributed by atoms with Crippen LogP contribution in [0.2, 0.25) is 0 Å². The van der Waals surface area contributed by atoms with Gasteiger partial charge in [-0.25, -0.2) is 4.79 Å². The number of carboxylic acids is 1. The van der Waals surface area contributed by atoms with Crippen LogP contribution in [0.4, 0.5) is 0 Å². The lowest BCUT2D eigenvalue weighted by Crippen LogP contribution is -1.99. The van der Waals surface area contributed by atoms with Gasteiger partial charge in [0.25, 0.3) is 0 Å². The van der Waals surface area contributed by atoms with Gasteiger partial charge in [-0.05, 0) is 36.4 Å². The minimum Gasteiger partial charge on any atom is -0.478 e. The number of fused-ring (bicyclic) bond motifs is 1. The fraction of sp³-hybridized carbons (Fsp3) is 0. The van der Waals surface area contributed by atoms with Crippen molar-refractivity contribution in [1.82, 2.24) is 4.98 Å². The highest BCUT2D eigenvalue weighted by Crippen LogP contribution is 2.30. The molecule has 0 bridgehead atoms. The Balaban J connectivity index is 2.02. The van der Waals surface area contributed by atoms with E-state index in [1.54, 1.807) is 30.5 Å². The van der Waals surface area contributed by atoms with E-state index in [1.165, 1.54) is 6.07 Å². The lowest BCUT2D eigenvalue weighted by atomic mass is 10.2. The second-order valence-corrected chi connectivity index (χ2v) is 5.32. The normalized spacial score (nSPS) is 10.5. The number of halogens is 1. The summed E-state index contributed by atoms with van der Waals surface area (Å²) in [5.74, 6) is -0.203. The van der Waals surface area contributed by atoms with Crippen molar-refractivity contribution in [2.24, 2.45) is 0 Å². The first-order chi connectivity index (χ1) is 10.1.